The number of carbonyl (C=O) groups is 2. The van der Waals surface area contributed by atoms with Crippen LogP contribution in [0.15, 0.2) is 24.7 Å². The number of hydrogen-bond acceptors (Lipinski definition) is 6. The molecule has 2 N–H and O–H groups in total. The number of carbonyl (C=O) groups excluding carboxylic acids is 2. The van der Waals surface area contributed by atoms with Crippen LogP contribution in [0.5, 0.6) is 0 Å². The van der Waals surface area contributed by atoms with E-state index >= 15 is 0 Å². The first-order valence-electron chi connectivity index (χ1n) is 13.2. The molecular weight excluding hydrogens is 539 g/mol. The first-order valence-corrected chi connectivity index (χ1v) is 13.2. The molecule has 1 saturated heterocycles. The number of amides is 2. The SMILES string of the molecule is CCn1nccc1C(=O)N[C@H](c1cn2nc(C[C@@H]3C[C@@H](C(F)(F)F)CNC3=O)cnc2n1)C1CCC(F)(F)CC1. The van der Waals surface area contributed by atoms with E-state index in [1.807, 2.05) is 6.92 Å². The van der Waals surface area contributed by atoms with Crippen LogP contribution >= 0.6 is 0 Å². The van der Waals surface area contributed by atoms with E-state index in [1.54, 1.807) is 6.07 Å². The van der Waals surface area contributed by atoms with Crippen molar-refractivity contribution in [3.63, 3.8) is 0 Å². The lowest BCUT2D eigenvalue weighted by molar-refractivity contribution is -0.183. The lowest BCUT2D eigenvalue weighted by atomic mass is 9.81. The highest BCUT2D eigenvalue weighted by molar-refractivity contribution is 5.92. The number of hydrogen-bond donors (Lipinski definition) is 2. The highest BCUT2D eigenvalue weighted by Crippen LogP contribution is 2.41. The van der Waals surface area contributed by atoms with Gasteiger partial charge in [0.15, 0.2) is 0 Å². The predicted octanol–water partition coefficient (Wildman–Crippen LogP) is 3.49. The van der Waals surface area contributed by atoms with Gasteiger partial charge in [0, 0.05) is 44.5 Å². The number of aryl methyl sites for hydroxylation is 1. The van der Waals surface area contributed by atoms with Crippen LogP contribution in [-0.4, -0.2) is 59.8 Å². The normalized spacial score (nSPS) is 22.7. The maximum absolute atomic E-state index is 13.9. The number of imidazole rings is 1. The molecule has 3 atom stereocenters. The van der Waals surface area contributed by atoms with Crippen molar-refractivity contribution in [2.45, 2.75) is 70.1 Å². The van der Waals surface area contributed by atoms with E-state index in [4.69, 9.17) is 0 Å². The summed E-state index contributed by atoms with van der Waals surface area (Å²) in [7, 11) is 0. The Bertz CT molecular complexity index is 1380. The van der Waals surface area contributed by atoms with E-state index in [2.05, 4.69) is 30.8 Å². The van der Waals surface area contributed by atoms with Crippen LogP contribution in [0.3, 0.4) is 0 Å². The molecule has 40 heavy (non-hydrogen) atoms. The fourth-order valence-electron chi connectivity index (χ4n) is 5.48. The summed E-state index contributed by atoms with van der Waals surface area (Å²) in [4.78, 5) is 34.1. The van der Waals surface area contributed by atoms with Crippen molar-refractivity contribution in [3.8, 4) is 0 Å². The van der Waals surface area contributed by atoms with Gasteiger partial charge in [-0.3, -0.25) is 14.3 Å². The predicted molar refractivity (Wildman–Crippen MR) is 130 cm³/mol. The molecule has 0 spiro atoms. The summed E-state index contributed by atoms with van der Waals surface area (Å²) in [5, 5.41) is 13.8. The van der Waals surface area contributed by atoms with E-state index in [-0.39, 0.29) is 50.2 Å². The minimum absolute atomic E-state index is 0.0479. The smallest absolute Gasteiger partial charge is 0.355 e. The third kappa shape index (κ3) is 5.92. The number of fused-ring (bicyclic) bond motifs is 1. The molecule has 216 valence electrons. The summed E-state index contributed by atoms with van der Waals surface area (Å²) < 4.78 is 70.3. The molecule has 3 aromatic heterocycles. The van der Waals surface area contributed by atoms with Gasteiger partial charge in [0.1, 0.15) is 5.69 Å². The van der Waals surface area contributed by atoms with Gasteiger partial charge in [0.2, 0.25) is 11.8 Å². The van der Waals surface area contributed by atoms with E-state index in [0.29, 0.717) is 23.6 Å². The van der Waals surface area contributed by atoms with E-state index < -0.39 is 48.3 Å². The molecule has 2 aliphatic rings. The number of nitrogens with zero attached hydrogens (tertiary/aromatic N) is 6. The standard InChI is InChI=1S/C25H29F5N8O2/c1-2-37-19(5-8-33-37)22(40)35-20(14-3-6-24(26,27)7-4-14)18-13-38-23(34-18)32-12-17(36-38)10-15-9-16(25(28,29)30)11-31-21(15)39/h5,8,12-16,20H,2-4,6-7,9-11H2,1H3,(H,31,39)(H,35,40)/t15-,16+,20-/m0/s1. The zero-order chi connectivity index (χ0) is 28.7. The van der Waals surface area contributed by atoms with Crippen molar-refractivity contribution in [1.29, 1.82) is 0 Å². The summed E-state index contributed by atoms with van der Waals surface area (Å²) >= 11 is 0. The molecule has 1 aliphatic heterocycles. The Balaban J connectivity index is 1.39. The van der Waals surface area contributed by atoms with Gasteiger partial charge in [0.05, 0.1) is 35.7 Å². The van der Waals surface area contributed by atoms with E-state index in [0.717, 1.165) is 0 Å². The molecule has 4 heterocycles. The van der Waals surface area contributed by atoms with Gasteiger partial charge in [0.25, 0.3) is 11.7 Å². The van der Waals surface area contributed by atoms with Crippen molar-refractivity contribution < 1.29 is 31.5 Å². The second-order valence-electron chi connectivity index (χ2n) is 10.5. The molecule has 1 saturated carbocycles. The number of halogens is 5. The van der Waals surface area contributed by atoms with Crippen LogP contribution in [0.1, 0.15) is 66.9 Å². The lowest BCUT2D eigenvalue weighted by Crippen LogP contribution is -2.47. The number of piperidine rings is 1. The highest BCUT2D eigenvalue weighted by Gasteiger charge is 2.45. The Morgan fingerprint density at radius 1 is 1.27 bits per heavy atom. The van der Waals surface area contributed by atoms with Crippen LogP contribution < -0.4 is 10.6 Å². The first kappa shape index (κ1) is 27.9. The van der Waals surface area contributed by atoms with Crippen molar-refractivity contribution in [1.82, 2.24) is 40.0 Å². The van der Waals surface area contributed by atoms with Crippen molar-refractivity contribution in [2.24, 2.45) is 17.8 Å². The van der Waals surface area contributed by atoms with Gasteiger partial charge < -0.3 is 10.6 Å². The third-order valence-electron chi connectivity index (χ3n) is 7.72. The van der Waals surface area contributed by atoms with Crippen LogP contribution in [0.4, 0.5) is 22.0 Å². The molecule has 1 aliphatic carbocycles. The van der Waals surface area contributed by atoms with Crippen molar-refractivity contribution in [3.05, 3.63) is 41.7 Å². The second kappa shape index (κ2) is 10.7. The summed E-state index contributed by atoms with van der Waals surface area (Å²) in [6.45, 7) is 1.85. The summed E-state index contributed by atoms with van der Waals surface area (Å²) in [5.41, 5.74) is 0.985. The summed E-state index contributed by atoms with van der Waals surface area (Å²) in [5.74, 6) is -6.38. The van der Waals surface area contributed by atoms with Crippen LogP contribution in [-0.2, 0) is 17.8 Å². The Hall–Kier alpha value is -3.65. The maximum atomic E-state index is 13.9. The largest absolute Gasteiger partial charge is 0.393 e. The topological polar surface area (TPSA) is 119 Å². The fraction of sp³-hybridized carbons (Fsp3) is 0.600. The Labute approximate surface area is 225 Å². The minimum atomic E-state index is -4.42. The molecule has 3 aromatic rings. The van der Waals surface area contributed by atoms with Gasteiger partial charge in [-0.15, -0.1) is 0 Å². The second-order valence-corrected chi connectivity index (χ2v) is 10.5. The van der Waals surface area contributed by atoms with Crippen LogP contribution in [0, 0.1) is 17.8 Å². The third-order valence-corrected chi connectivity index (χ3v) is 7.72. The molecular formula is C25H29F5N8O2. The highest BCUT2D eigenvalue weighted by atomic mass is 19.4. The van der Waals surface area contributed by atoms with Gasteiger partial charge in [-0.05, 0) is 38.2 Å². The van der Waals surface area contributed by atoms with Crippen LogP contribution in [0.2, 0.25) is 0 Å². The van der Waals surface area contributed by atoms with Crippen molar-refractivity contribution in [2.75, 3.05) is 6.54 Å². The summed E-state index contributed by atoms with van der Waals surface area (Å²) in [6.07, 6.45) is -0.723. The minimum Gasteiger partial charge on any atom is -0.355 e. The zero-order valence-electron chi connectivity index (χ0n) is 21.7. The Morgan fingerprint density at radius 2 is 2.02 bits per heavy atom. The molecule has 0 bridgehead atoms. The quantitative estimate of drug-likeness (QED) is 0.422. The number of aromatic nitrogens is 6. The zero-order valence-corrected chi connectivity index (χ0v) is 21.7. The monoisotopic (exact) mass is 568 g/mol. The Morgan fingerprint density at radius 3 is 2.73 bits per heavy atom. The lowest BCUT2D eigenvalue weighted by Gasteiger charge is -2.33. The average molecular weight is 569 g/mol. The van der Waals surface area contributed by atoms with Gasteiger partial charge in [-0.1, -0.05) is 0 Å². The molecule has 0 radical (unpaired) electrons. The van der Waals surface area contributed by atoms with Gasteiger partial charge >= 0.3 is 6.18 Å². The molecule has 0 aromatic carbocycles. The number of nitrogens with one attached hydrogen (secondary N) is 2. The average Bonchev–Trinajstić information content (AvgIpc) is 3.55. The molecule has 0 unspecified atom stereocenters. The van der Waals surface area contributed by atoms with Gasteiger partial charge in [-0.2, -0.15) is 23.4 Å². The maximum Gasteiger partial charge on any atom is 0.393 e. The molecule has 10 nitrogen and oxygen atoms in total. The first-order chi connectivity index (χ1) is 18.9. The summed E-state index contributed by atoms with van der Waals surface area (Å²) in [6, 6.07) is 0.849. The molecule has 15 heteroatoms. The van der Waals surface area contributed by atoms with E-state index in [1.165, 1.54) is 27.8 Å². The molecule has 2 amide bonds. The number of rotatable bonds is 7. The fourth-order valence-corrected chi connectivity index (χ4v) is 5.48. The van der Waals surface area contributed by atoms with Gasteiger partial charge in [-0.25, -0.2) is 23.3 Å². The molecule has 5 rings (SSSR count). The van der Waals surface area contributed by atoms with Crippen LogP contribution in [0.25, 0.3) is 5.78 Å². The van der Waals surface area contributed by atoms with E-state index in [9.17, 15) is 31.5 Å². The van der Waals surface area contributed by atoms with Crippen molar-refractivity contribution >= 4 is 17.6 Å². The number of alkyl halides is 5. The Kier molecular flexibility index (Phi) is 7.48. The molecule has 2 fully saturated rings.